The zero-order valence-electron chi connectivity index (χ0n) is 15.6. The summed E-state index contributed by atoms with van der Waals surface area (Å²) in [5.74, 6) is 0.240. The molecule has 0 spiro atoms. The molecule has 0 saturated heterocycles. The number of carbonyl (C=O) groups is 1. The molecule has 2 N–H and O–H groups in total. The minimum atomic E-state index is -0.333. The molecule has 5 nitrogen and oxygen atoms in total. The Morgan fingerprint density at radius 3 is 2.66 bits per heavy atom. The quantitative estimate of drug-likeness (QED) is 0.330. The number of nitrogens with one attached hydrogen (secondary N) is 2. The molecular weight excluding hydrogens is 406 g/mol. The van der Waals surface area contributed by atoms with Crippen LogP contribution in [0.2, 0.25) is 5.02 Å². The van der Waals surface area contributed by atoms with Crippen LogP contribution in [0.5, 0.6) is 5.75 Å². The van der Waals surface area contributed by atoms with Crippen molar-refractivity contribution in [2.75, 3.05) is 11.9 Å². The van der Waals surface area contributed by atoms with Crippen LogP contribution < -0.4 is 15.5 Å². The molecule has 146 valence electrons. The number of hydrazone groups is 1. The minimum absolute atomic E-state index is 0.127. The van der Waals surface area contributed by atoms with E-state index in [-0.39, 0.29) is 12.5 Å². The lowest BCUT2D eigenvalue weighted by Gasteiger charge is -2.21. The van der Waals surface area contributed by atoms with Gasteiger partial charge < -0.3 is 10.1 Å². The van der Waals surface area contributed by atoms with Crippen molar-refractivity contribution >= 4 is 46.4 Å². The number of carbonyl (C=O) groups excluding carboxylic acids is 1. The fourth-order valence-electron chi connectivity index (χ4n) is 2.79. The van der Waals surface area contributed by atoms with E-state index in [1.807, 2.05) is 31.2 Å². The lowest BCUT2D eigenvalue weighted by molar-refractivity contribution is -0.123. The van der Waals surface area contributed by atoms with Gasteiger partial charge >= 0.3 is 0 Å². The van der Waals surface area contributed by atoms with Gasteiger partial charge in [-0.3, -0.25) is 4.79 Å². The van der Waals surface area contributed by atoms with Gasteiger partial charge in [0, 0.05) is 14.8 Å². The van der Waals surface area contributed by atoms with Gasteiger partial charge in [-0.15, -0.1) is 0 Å². The van der Waals surface area contributed by atoms with Crippen molar-refractivity contribution in [1.29, 1.82) is 0 Å². The molecule has 3 aromatic rings. The van der Waals surface area contributed by atoms with Gasteiger partial charge in [-0.1, -0.05) is 41.6 Å². The number of rotatable bonds is 5. The van der Waals surface area contributed by atoms with Crippen molar-refractivity contribution < 1.29 is 9.53 Å². The highest BCUT2D eigenvalue weighted by molar-refractivity contribution is 7.99. The first kappa shape index (κ1) is 19.4. The first-order chi connectivity index (χ1) is 14.1. The van der Waals surface area contributed by atoms with Crippen molar-refractivity contribution in [3.8, 4) is 5.75 Å². The lowest BCUT2D eigenvalue weighted by atomic mass is 10.1. The Morgan fingerprint density at radius 1 is 1.07 bits per heavy atom. The van der Waals surface area contributed by atoms with Gasteiger partial charge in [0.05, 0.1) is 17.1 Å². The summed E-state index contributed by atoms with van der Waals surface area (Å²) in [6.45, 7) is 1.73. The number of anilines is 2. The molecule has 0 saturated carbocycles. The smallest absolute Gasteiger partial charge is 0.277 e. The van der Waals surface area contributed by atoms with E-state index in [1.54, 1.807) is 36.0 Å². The number of nitrogens with zero attached hydrogens (tertiary/aromatic N) is 1. The number of benzene rings is 3. The molecule has 0 aliphatic carbocycles. The summed E-state index contributed by atoms with van der Waals surface area (Å²) < 4.78 is 5.42. The van der Waals surface area contributed by atoms with Crippen molar-refractivity contribution in [2.24, 2.45) is 5.10 Å². The number of para-hydroxylation sites is 1. The molecular formula is C22H18ClN3O2S. The van der Waals surface area contributed by atoms with Crippen LogP contribution in [0.1, 0.15) is 12.5 Å². The number of ether oxygens (including phenoxy) is 1. The second kappa shape index (κ2) is 8.59. The summed E-state index contributed by atoms with van der Waals surface area (Å²) in [6.07, 6.45) is 0. The molecule has 29 heavy (non-hydrogen) atoms. The molecule has 0 unspecified atom stereocenters. The third kappa shape index (κ3) is 4.72. The molecule has 7 heteroatoms. The second-order valence-electron chi connectivity index (χ2n) is 6.41. The maximum atomic E-state index is 12.0. The molecule has 0 aromatic heterocycles. The molecule has 1 heterocycles. The predicted octanol–water partition coefficient (Wildman–Crippen LogP) is 5.47. The van der Waals surface area contributed by atoms with E-state index in [0.717, 1.165) is 21.8 Å². The fourth-order valence-corrected chi connectivity index (χ4v) is 3.88. The fraction of sp³-hybridized carbons (Fsp3) is 0.0909. The van der Waals surface area contributed by atoms with Crippen LogP contribution in [0, 0.1) is 0 Å². The van der Waals surface area contributed by atoms with Crippen LogP contribution in [-0.2, 0) is 4.79 Å². The maximum absolute atomic E-state index is 12.0. The Kier molecular flexibility index (Phi) is 5.74. The molecule has 0 fully saturated rings. The first-order valence-corrected chi connectivity index (χ1v) is 10.2. The average molecular weight is 424 g/mol. The van der Waals surface area contributed by atoms with Crippen LogP contribution in [0.4, 0.5) is 11.4 Å². The van der Waals surface area contributed by atoms with Crippen molar-refractivity contribution in [1.82, 2.24) is 5.43 Å². The summed E-state index contributed by atoms with van der Waals surface area (Å²) in [7, 11) is 0. The molecule has 1 aliphatic heterocycles. The third-order valence-corrected chi connectivity index (χ3v) is 5.71. The van der Waals surface area contributed by atoms with Gasteiger partial charge in [-0.2, -0.15) is 5.10 Å². The largest absolute Gasteiger partial charge is 0.484 e. The monoisotopic (exact) mass is 423 g/mol. The topological polar surface area (TPSA) is 62.7 Å². The molecule has 3 aromatic carbocycles. The number of hydrogen-bond acceptors (Lipinski definition) is 5. The second-order valence-corrected chi connectivity index (χ2v) is 7.93. The molecule has 1 aliphatic rings. The Morgan fingerprint density at radius 2 is 1.83 bits per heavy atom. The van der Waals surface area contributed by atoms with Crippen molar-refractivity contribution in [3.63, 3.8) is 0 Å². The van der Waals surface area contributed by atoms with E-state index in [0.29, 0.717) is 16.5 Å². The van der Waals surface area contributed by atoms with Gasteiger partial charge in [0.1, 0.15) is 5.75 Å². The number of halogens is 1. The summed E-state index contributed by atoms with van der Waals surface area (Å²) in [5.41, 5.74) is 6.28. The number of amides is 1. The zero-order valence-corrected chi connectivity index (χ0v) is 17.2. The predicted molar refractivity (Wildman–Crippen MR) is 118 cm³/mol. The van der Waals surface area contributed by atoms with E-state index in [9.17, 15) is 4.79 Å². The Labute approximate surface area is 178 Å². The summed E-state index contributed by atoms with van der Waals surface area (Å²) in [6, 6.07) is 21.1. The van der Waals surface area contributed by atoms with Crippen LogP contribution >= 0.6 is 23.4 Å². The lowest BCUT2D eigenvalue weighted by Crippen LogP contribution is -2.25. The molecule has 0 atom stereocenters. The molecule has 4 rings (SSSR count). The Hall–Kier alpha value is -2.96. The average Bonchev–Trinajstić information content (AvgIpc) is 2.75. The summed E-state index contributed by atoms with van der Waals surface area (Å²) >= 11 is 7.56. The highest BCUT2D eigenvalue weighted by Gasteiger charge is 2.16. The maximum Gasteiger partial charge on any atom is 0.277 e. The van der Waals surface area contributed by atoms with Gasteiger partial charge in [-0.05, 0) is 61.0 Å². The Bertz CT molecular complexity index is 1080. The molecule has 0 bridgehead atoms. The zero-order chi connectivity index (χ0) is 20.2. The molecule has 0 radical (unpaired) electrons. The first-order valence-electron chi connectivity index (χ1n) is 8.98. The van der Waals surface area contributed by atoms with E-state index in [4.69, 9.17) is 16.3 Å². The standard InChI is InChI=1S/C22H18ClN3O2S/c1-14(25-26-22(27)13-28-17-9-7-16(23)8-10-17)15-6-11-21-19(12-15)24-18-4-2-3-5-20(18)29-21/h2-12,24H,13H2,1H3,(H,26,27). The van der Waals surface area contributed by atoms with E-state index < -0.39 is 0 Å². The number of fused-ring (bicyclic) bond motifs is 2. The normalized spacial score (nSPS) is 12.4. The third-order valence-electron chi connectivity index (χ3n) is 4.31. The van der Waals surface area contributed by atoms with Crippen LogP contribution in [-0.4, -0.2) is 18.2 Å². The van der Waals surface area contributed by atoms with Crippen molar-refractivity contribution in [3.05, 3.63) is 77.3 Å². The van der Waals surface area contributed by atoms with E-state index in [2.05, 4.69) is 34.0 Å². The Balaban J connectivity index is 1.38. The summed E-state index contributed by atoms with van der Waals surface area (Å²) in [5, 5.41) is 8.26. The minimum Gasteiger partial charge on any atom is -0.484 e. The van der Waals surface area contributed by atoms with E-state index >= 15 is 0 Å². The van der Waals surface area contributed by atoms with Crippen molar-refractivity contribution in [2.45, 2.75) is 16.7 Å². The van der Waals surface area contributed by atoms with Gasteiger partial charge in [-0.25, -0.2) is 5.43 Å². The van der Waals surface area contributed by atoms with Gasteiger partial charge in [0.25, 0.3) is 5.91 Å². The van der Waals surface area contributed by atoms with Crippen LogP contribution in [0.15, 0.2) is 81.6 Å². The van der Waals surface area contributed by atoms with Crippen LogP contribution in [0.3, 0.4) is 0 Å². The van der Waals surface area contributed by atoms with Crippen LogP contribution in [0.25, 0.3) is 0 Å². The van der Waals surface area contributed by atoms with Gasteiger partial charge in [0.2, 0.25) is 0 Å². The summed E-state index contributed by atoms with van der Waals surface area (Å²) in [4.78, 5) is 14.4. The molecule has 1 amide bonds. The highest BCUT2D eigenvalue weighted by Crippen LogP contribution is 2.44. The SMILES string of the molecule is CC(=NNC(=O)COc1ccc(Cl)cc1)c1ccc2c(c1)Nc1ccccc1S2. The number of hydrogen-bond donors (Lipinski definition) is 2. The van der Waals surface area contributed by atoms with Gasteiger partial charge in [0.15, 0.2) is 6.61 Å². The highest BCUT2D eigenvalue weighted by atomic mass is 35.5. The van der Waals surface area contributed by atoms with E-state index in [1.165, 1.54) is 4.90 Å².